The van der Waals surface area contributed by atoms with Gasteiger partial charge in [-0.15, -0.1) is 0 Å². The third-order valence-electron chi connectivity index (χ3n) is 2.17. The average Bonchev–Trinajstić information content (AvgIpc) is 2.61. The van der Waals surface area contributed by atoms with Crippen LogP contribution in [0.3, 0.4) is 0 Å². The largest absolute Gasteiger partial charge is 0.394 e. The maximum atomic E-state index is 13.4. The molecular weight excluding hydrogens is 211 g/mol. The van der Waals surface area contributed by atoms with E-state index in [1.807, 2.05) is 0 Å². The molecule has 0 bridgehead atoms. The van der Waals surface area contributed by atoms with E-state index in [4.69, 9.17) is 10.8 Å². The van der Waals surface area contributed by atoms with E-state index < -0.39 is 5.82 Å². The van der Waals surface area contributed by atoms with Crippen LogP contribution in [0.2, 0.25) is 0 Å². The Bertz CT molecular complexity index is 497. The van der Waals surface area contributed by atoms with Crippen LogP contribution >= 0.6 is 0 Å². The lowest BCUT2D eigenvalue weighted by Gasteiger charge is -1.99. The Labute approximate surface area is 91.3 Å². The topological polar surface area (TPSA) is 77.0 Å². The molecule has 2 rings (SSSR count). The summed E-state index contributed by atoms with van der Waals surface area (Å²) in [7, 11) is 0. The van der Waals surface area contributed by atoms with E-state index in [1.165, 1.54) is 16.9 Å². The van der Waals surface area contributed by atoms with Gasteiger partial charge in [-0.05, 0) is 6.07 Å². The maximum Gasteiger partial charge on any atom is 0.150 e. The second-order valence-corrected chi connectivity index (χ2v) is 3.26. The fourth-order valence-corrected chi connectivity index (χ4v) is 1.42. The van der Waals surface area contributed by atoms with E-state index >= 15 is 0 Å². The van der Waals surface area contributed by atoms with E-state index in [2.05, 4.69) is 10.1 Å². The van der Waals surface area contributed by atoms with Crippen molar-refractivity contribution in [2.75, 3.05) is 12.3 Å². The van der Waals surface area contributed by atoms with Gasteiger partial charge in [0, 0.05) is 17.8 Å². The third kappa shape index (κ3) is 1.87. The summed E-state index contributed by atoms with van der Waals surface area (Å²) in [5, 5.41) is 12.9. The molecule has 0 amide bonds. The van der Waals surface area contributed by atoms with Crippen LogP contribution in [-0.4, -0.2) is 26.5 Å². The van der Waals surface area contributed by atoms with Gasteiger partial charge in [0.05, 0.1) is 25.0 Å². The average molecular weight is 222 g/mol. The lowest BCUT2D eigenvalue weighted by atomic mass is 10.2. The lowest BCUT2D eigenvalue weighted by molar-refractivity contribution is 0.270. The first-order chi connectivity index (χ1) is 7.72. The molecule has 2 heterocycles. The zero-order valence-corrected chi connectivity index (χ0v) is 8.47. The summed E-state index contributed by atoms with van der Waals surface area (Å²) in [4.78, 5) is 3.66. The highest BCUT2D eigenvalue weighted by molar-refractivity contribution is 5.62. The van der Waals surface area contributed by atoms with Gasteiger partial charge >= 0.3 is 0 Å². The van der Waals surface area contributed by atoms with E-state index in [0.717, 1.165) is 6.20 Å². The zero-order chi connectivity index (χ0) is 11.5. The Morgan fingerprint density at radius 1 is 1.50 bits per heavy atom. The molecule has 3 N–H and O–H groups in total. The van der Waals surface area contributed by atoms with Crippen LogP contribution in [0.1, 0.15) is 0 Å². The first-order valence-electron chi connectivity index (χ1n) is 4.76. The summed E-state index contributed by atoms with van der Waals surface area (Å²) >= 11 is 0. The summed E-state index contributed by atoms with van der Waals surface area (Å²) in [6, 6.07) is 3.09. The summed E-state index contributed by atoms with van der Waals surface area (Å²) in [6.45, 7) is 0.225. The smallest absolute Gasteiger partial charge is 0.150 e. The minimum absolute atomic E-state index is 0.0653. The normalized spacial score (nSPS) is 10.6. The summed E-state index contributed by atoms with van der Waals surface area (Å²) in [5.74, 6) is -0.0589. The van der Waals surface area contributed by atoms with Crippen molar-refractivity contribution in [3.05, 3.63) is 30.3 Å². The van der Waals surface area contributed by atoms with Crippen LogP contribution in [0.4, 0.5) is 10.2 Å². The Balaban J connectivity index is 2.42. The molecule has 0 aliphatic rings. The molecule has 0 aliphatic heterocycles. The number of hydrogen-bond donors (Lipinski definition) is 2. The van der Waals surface area contributed by atoms with Crippen molar-refractivity contribution in [3.8, 4) is 11.3 Å². The molecule has 5 nitrogen and oxygen atoms in total. The quantitative estimate of drug-likeness (QED) is 0.799. The Morgan fingerprint density at radius 2 is 2.31 bits per heavy atom. The van der Waals surface area contributed by atoms with Crippen molar-refractivity contribution in [1.82, 2.24) is 14.8 Å². The van der Waals surface area contributed by atoms with Crippen LogP contribution in [0.15, 0.2) is 24.5 Å². The van der Waals surface area contributed by atoms with Crippen LogP contribution in [0.5, 0.6) is 0 Å². The van der Waals surface area contributed by atoms with Gasteiger partial charge in [-0.3, -0.25) is 4.98 Å². The predicted octanol–water partition coefficient (Wildman–Crippen LogP) is 0.659. The van der Waals surface area contributed by atoms with Gasteiger partial charge in [-0.1, -0.05) is 0 Å². The van der Waals surface area contributed by atoms with Crippen LogP contribution in [0, 0.1) is 5.82 Å². The van der Waals surface area contributed by atoms with E-state index in [1.54, 1.807) is 6.07 Å². The molecule has 84 valence electrons. The van der Waals surface area contributed by atoms with Gasteiger partial charge in [-0.2, -0.15) is 5.10 Å². The molecule has 0 spiro atoms. The van der Waals surface area contributed by atoms with Gasteiger partial charge < -0.3 is 10.8 Å². The molecule has 6 heteroatoms. The number of halogens is 1. The molecule has 0 unspecified atom stereocenters. The second-order valence-electron chi connectivity index (χ2n) is 3.26. The molecular formula is C10H11FN4O. The highest BCUT2D eigenvalue weighted by atomic mass is 19.1. The predicted molar refractivity (Wildman–Crippen MR) is 56.9 cm³/mol. The lowest BCUT2D eigenvalue weighted by Crippen LogP contribution is -2.07. The monoisotopic (exact) mass is 222 g/mol. The van der Waals surface area contributed by atoms with Crippen molar-refractivity contribution in [3.63, 3.8) is 0 Å². The molecule has 0 aliphatic carbocycles. The molecule has 2 aromatic rings. The first-order valence-corrected chi connectivity index (χ1v) is 4.76. The number of rotatable bonds is 3. The Morgan fingerprint density at radius 3 is 3.00 bits per heavy atom. The zero-order valence-electron chi connectivity index (χ0n) is 8.47. The number of aromatic nitrogens is 3. The molecule has 0 radical (unpaired) electrons. The highest BCUT2D eigenvalue weighted by Crippen LogP contribution is 2.22. The molecule has 0 saturated carbocycles. The van der Waals surface area contributed by atoms with E-state index in [9.17, 15) is 4.39 Å². The van der Waals surface area contributed by atoms with Crippen molar-refractivity contribution in [2.45, 2.75) is 6.54 Å². The number of aliphatic hydroxyl groups is 1. The molecule has 2 aromatic heterocycles. The summed E-state index contributed by atoms with van der Waals surface area (Å²) in [6.07, 6.45) is 2.61. The molecule has 0 atom stereocenters. The summed E-state index contributed by atoms with van der Waals surface area (Å²) in [5.41, 5.74) is 6.45. The first kappa shape index (κ1) is 10.6. The van der Waals surface area contributed by atoms with Gasteiger partial charge in [0.1, 0.15) is 5.82 Å². The molecule has 0 fully saturated rings. The molecule has 0 saturated heterocycles. The van der Waals surface area contributed by atoms with E-state index in [0.29, 0.717) is 23.6 Å². The van der Waals surface area contributed by atoms with Gasteiger partial charge in [0.2, 0.25) is 0 Å². The van der Waals surface area contributed by atoms with Crippen molar-refractivity contribution in [1.29, 1.82) is 0 Å². The van der Waals surface area contributed by atoms with Gasteiger partial charge in [0.25, 0.3) is 0 Å². The summed E-state index contributed by atoms with van der Waals surface area (Å²) < 4.78 is 14.8. The standard InChI is InChI=1S/C10H11FN4O/c11-8-6-13-2-1-7(8)9-5-10(12)15(14-9)3-4-16/h1-2,5-6,16H,3-4,12H2. The minimum Gasteiger partial charge on any atom is -0.394 e. The van der Waals surface area contributed by atoms with Gasteiger partial charge in [-0.25, -0.2) is 9.07 Å². The van der Waals surface area contributed by atoms with Crippen LogP contribution < -0.4 is 5.73 Å². The Kier molecular flexibility index (Phi) is 2.82. The minimum atomic E-state index is -0.448. The van der Waals surface area contributed by atoms with Crippen LogP contribution in [0.25, 0.3) is 11.3 Å². The maximum absolute atomic E-state index is 13.4. The SMILES string of the molecule is Nc1cc(-c2ccncc2F)nn1CCO. The van der Waals surface area contributed by atoms with E-state index in [-0.39, 0.29) is 6.61 Å². The fraction of sp³-hybridized carbons (Fsp3) is 0.200. The Hall–Kier alpha value is -1.95. The van der Waals surface area contributed by atoms with Crippen LogP contribution in [-0.2, 0) is 6.54 Å². The van der Waals surface area contributed by atoms with Gasteiger partial charge in [0.15, 0.2) is 5.82 Å². The number of nitrogens with zero attached hydrogens (tertiary/aromatic N) is 3. The number of aliphatic hydroxyl groups excluding tert-OH is 1. The second kappa shape index (κ2) is 4.28. The van der Waals surface area contributed by atoms with Crippen molar-refractivity contribution < 1.29 is 9.50 Å². The van der Waals surface area contributed by atoms with Crippen molar-refractivity contribution in [2.24, 2.45) is 0 Å². The number of nitrogens with two attached hydrogens (primary N) is 1. The number of hydrogen-bond acceptors (Lipinski definition) is 4. The molecule has 16 heavy (non-hydrogen) atoms. The highest BCUT2D eigenvalue weighted by Gasteiger charge is 2.10. The molecule has 0 aromatic carbocycles. The number of nitrogen functional groups attached to an aromatic ring is 1. The number of anilines is 1. The van der Waals surface area contributed by atoms with Crippen molar-refractivity contribution >= 4 is 5.82 Å². The fourth-order valence-electron chi connectivity index (χ4n) is 1.42. The number of pyridine rings is 1. The third-order valence-corrected chi connectivity index (χ3v) is 2.17.